The summed E-state index contributed by atoms with van der Waals surface area (Å²) in [6, 6.07) is 2.55. The molecule has 1 aromatic carbocycles. The van der Waals surface area contributed by atoms with Crippen molar-refractivity contribution >= 4 is 11.6 Å². The van der Waals surface area contributed by atoms with Crippen molar-refractivity contribution in [2.24, 2.45) is 0 Å². The average molecular weight is 278 g/mol. The number of amides is 1. The minimum atomic E-state index is -4.54. The van der Waals surface area contributed by atoms with Crippen LogP contribution in [0.5, 0.6) is 0 Å². The standard InChI is InChI=1S/C12H14F4N2O/c1-7(2)18(6-12(14,15)16)11(19)9-4-3-8(17)5-10(9)13/h3-5,7H,6,17H2,1-2H3. The second-order valence-electron chi connectivity index (χ2n) is 4.38. The number of halogens is 4. The highest BCUT2D eigenvalue weighted by Gasteiger charge is 2.35. The minimum Gasteiger partial charge on any atom is -0.399 e. The van der Waals surface area contributed by atoms with E-state index in [0.29, 0.717) is 4.90 Å². The lowest BCUT2D eigenvalue weighted by Gasteiger charge is -2.28. The molecule has 0 saturated heterocycles. The fourth-order valence-corrected chi connectivity index (χ4v) is 1.54. The Morgan fingerprint density at radius 1 is 1.37 bits per heavy atom. The van der Waals surface area contributed by atoms with Gasteiger partial charge >= 0.3 is 6.18 Å². The largest absolute Gasteiger partial charge is 0.406 e. The topological polar surface area (TPSA) is 46.3 Å². The highest BCUT2D eigenvalue weighted by molar-refractivity contribution is 5.95. The number of carbonyl (C=O) groups is 1. The maximum Gasteiger partial charge on any atom is 0.406 e. The zero-order valence-corrected chi connectivity index (χ0v) is 10.5. The van der Waals surface area contributed by atoms with Gasteiger partial charge in [0.15, 0.2) is 0 Å². The maximum absolute atomic E-state index is 13.5. The van der Waals surface area contributed by atoms with Crippen molar-refractivity contribution in [2.75, 3.05) is 12.3 Å². The molecule has 0 spiro atoms. The Balaban J connectivity index is 3.06. The number of hydrogen-bond donors (Lipinski definition) is 1. The molecule has 1 rings (SSSR count). The molecule has 0 aromatic heterocycles. The van der Waals surface area contributed by atoms with Gasteiger partial charge in [-0.1, -0.05) is 0 Å². The molecule has 0 radical (unpaired) electrons. The molecule has 19 heavy (non-hydrogen) atoms. The summed E-state index contributed by atoms with van der Waals surface area (Å²) in [7, 11) is 0. The van der Waals surface area contributed by atoms with Gasteiger partial charge < -0.3 is 10.6 Å². The van der Waals surface area contributed by atoms with E-state index in [1.807, 2.05) is 0 Å². The van der Waals surface area contributed by atoms with Crippen LogP contribution in [-0.4, -0.2) is 29.6 Å². The molecule has 0 aliphatic heterocycles. The van der Waals surface area contributed by atoms with Gasteiger partial charge in [-0.15, -0.1) is 0 Å². The number of carbonyl (C=O) groups excluding carboxylic acids is 1. The van der Waals surface area contributed by atoms with Gasteiger partial charge in [0.25, 0.3) is 5.91 Å². The van der Waals surface area contributed by atoms with Crippen molar-refractivity contribution in [3.8, 4) is 0 Å². The predicted molar refractivity (Wildman–Crippen MR) is 63.0 cm³/mol. The van der Waals surface area contributed by atoms with Gasteiger partial charge in [0, 0.05) is 11.7 Å². The summed E-state index contributed by atoms with van der Waals surface area (Å²) in [5, 5.41) is 0. The monoisotopic (exact) mass is 278 g/mol. The van der Waals surface area contributed by atoms with E-state index in [-0.39, 0.29) is 5.69 Å². The predicted octanol–water partition coefficient (Wildman–Crippen LogP) is 2.82. The molecule has 7 heteroatoms. The Kier molecular flexibility index (Phi) is 4.39. The van der Waals surface area contributed by atoms with Gasteiger partial charge in [-0.2, -0.15) is 13.2 Å². The average Bonchev–Trinajstić information content (AvgIpc) is 2.23. The Bertz CT molecular complexity index is 471. The van der Waals surface area contributed by atoms with E-state index in [1.165, 1.54) is 19.9 Å². The zero-order valence-electron chi connectivity index (χ0n) is 10.5. The number of anilines is 1. The molecule has 106 valence electrons. The van der Waals surface area contributed by atoms with Crippen LogP contribution in [0.15, 0.2) is 18.2 Å². The third-order valence-corrected chi connectivity index (χ3v) is 2.46. The van der Waals surface area contributed by atoms with Gasteiger partial charge in [-0.05, 0) is 32.0 Å². The molecule has 0 heterocycles. The summed E-state index contributed by atoms with van der Waals surface area (Å²) < 4.78 is 50.7. The van der Waals surface area contributed by atoms with E-state index in [4.69, 9.17) is 5.73 Å². The van der Waals surface area contributed by atoms with E-state index in [2.05, 4.69) is 0 Å². The Morgan fingerprint density at radius 3 is 2.37 bits per heavy atom. The summed E-state index contributed by atoms with van der Waals surface area (Å²) in [5.41, 5.74) is 4.99. The van der Waals surface area contributed by atoms with Crippen LogP contribution >= 0.6 is 0 Å². The van der Waals surface area contributed by atoms with Gasteiger partial charge in [0.1, 0.15) is 12.4 Å². The number of alkyl halides is 3. The first kappa shape index (κ1) is 15.3. The van der Waals surface area contributed by atoms with Crippen molar-refractivity contribution in [3.63, 3.8) is 0 Å². The van der Waals surface area contributed by atoms with E-state index in [9.17, 15) is 22.4 Å². The minimum absolute atomic E-state index is 0.0981. The number of hydrogen-bond acceptors (Lipinski definition) is 2. The van der Waals surface area contributed by atoms with Crippen molar-refractivity contribution in [1.82, 2.24) is 4.90 Å². The van der Waals surface area contributed by atoms with Crippen LogP contribution in [-0.2, 0) is 0 Å². The first-order valence-corrected chi connectivity index (χ1v) is 5.54. The third kappa shape index (κ3) is 4.11. The van der Waals surface area contributed by atoms with Crippen LogP contribution in [0.1, 0.15) is 24.2 Å². The summed E-state index contributed by atoms with van der Waals surface area (Å²) in [6.07, 6.45) is -4.54. The molecule has 1 amide bonds. The molecule has 2 N–H and O–H groups in total. The van der Waals surface area contributed by atoms with E-state index in [0.717, 1.165) is 12.1 Å². The normalized spacial score (nSPS) is 11.7. The van der Waals surface area contributed by atoms with Crippen LogP contribution in [0.25, 0.3) is 0 Å². The van der Waals surface area contributed by atoms with Gasteiger partial charge in [0.05, 0.1) is 5.56 Å². The first-order valence-electron chi connectivity index (χ1n) is 5.54. The molecule has 0 saturated carbocycles. The second kappa shape index (κ2) is 5.46. The summed E-state index contributed by atoms with van der Waals surface area (Å²) in [4.78, 5) is 12.5. The molecular formula is C12H14F4N2O. The molecule has 3 nitrogen and oxygen atoms in total. The van der Waals surface area contributed by atoms with Crippen molar-refractivity contribution in [2.45, 2.75) is 26.1 Å². The van der Waals surface area contributed by atoms with E-state index in [1.54, 1.807) is 0 Å². The van der Waals surface area contributed by atoms with Crippen molar-refractivity contribution in [1.29, 1.82) is 0 Å². The molecular weight excluding hydrogens is 264 g/mol. The first-order chi connectivity index (χ1) is 8.61. The Labute approximate surface area is 108 Å². The van der Waals surface area contributed by atoms with Crippen LogP contribution in [0, 0.1) is 5.82 Å². The Morgan fingerprint density at radius 2 is 1.95 bits per heavy atom. The molecule has 0 aliphatic carbocycles. The molecule has 0 aliphatic rings. The summed E-state index contributed by atoms with van der Waals surface area (Å²) in [5.74, 6) is -1.94. The number of benzene rings is 1. The SMILES string of the molecule is CC(C)N(CC(F)(F)F)C(=O)c1ccc(N)cc1F. The highest BCUT2D eigenvalue weighted by Crippen LogP contribution is 2.21. The number of nitrogens with zero attached hydrogens (tertiary/aromatic N) is 1. The zero-order chi connectivity index (χ0) is 14.8. The van der Waals surface area contributed by atoms with Gasteiger partial charge in [-0.3, -0.25) is 4.79 Å². The van der Waals surface area contributed by atoms with E-state index < -0.39 is 36.1 Å². The molecule has 0 unspecified atom stereocenters. The molecule has 0 bridgehead atoms. The van der Waals surface area contributed by atoms with Crippen LogP contribution in [0.4, 0.5) is 23.2 Å². The summed E-state index contributed by atoms with van der Waals surface area (Å²) >= 11 is 0. The second-order valence-corrected chi connectivity index (χ2v) is 4.38. The fourth-order valence-electron chi connectivity index (χ4n) is 1.54. The van der Waals surface area contributed by atoms with Gasteiger partial charge in [-0.25, -0.2) is 4.39 Å². The van der Waals surface area contributed by atoms with Crippen molar-refractivity contribution in [3.05, 3.63) is 29.6 Å². The smallest absolute Gasteiger partial charge is 0.399 e. The van der Waals surface area contributed by atoms with Gasteiger partial charge in [0.2, 0.25) is 0 Å². The lowest BCUT2D eigenvalue weighted by molar-refractivity contribution is -0.143. The number of nitrogens with two attached hydrogens (primary N) is 1. The maximum atomic E-state index is 13.5. The van der Waals surface area contributed by atoms with Crippen LogP contribution < -0.4 is 5.73 Å². The quantitative estimate of drug-likeness (QED) is 0.682. The third-order valence-electron chi connectivity index (χ3n) is 2.46. The van der Waals surface area contributed by atoms with Crippen molar-refractivity contribution < 1.29 is 22.4 Å². The van der Waals surface area contributed by atoms with Crippen LogP contribution in [0.2, 0.25) is 0 Å². The number of rotatable bonds is 3. The van der Waals surface area contributed by atoms with Crippen LogP contribution in [0.3, 0.4) is 0 Å². The lowest BCUT2D eigenvalue weighted by atomic mass is 10.1. The Hall–Kier alpha value is -1.79. The lowest BCUT2D eigenvalue weighted by Crippen LogP contribution is -2.43. The summed E-state index contributed by atoms with van der Waals surface area (Å²) in [6.45, 7) is 1.44. The molecule has 0 atom stereocenters. The fraction of sp³-hybridized carbons (Fsp3) is 0.417. The van der Waals surface area contributed by atoms with E-state index >= 15 is 0 Å². The number of nitrogen functional groups attached to an aromatic ring is 1. The molecule has 0 fully saturated rings. The molecule has 1 aromatic rings. The highest BCUT2D eigenvalue weighted by atomic mass is 19.4.